The van der Waals surface area contributed by atoms with E-state index in [0.29, 0.717) is 11.0 Å². The molecule has 0 heterocycles. The Balaban J connectivity index is 3.80. The molecule has 0 saturated heterocycles. The molecular weight excluding hydrogens is 160 g/mol. The summed E-state index contributed by atoms with van der Waals surface area (Å²) in [5.74, 6) is 6.45. The number of hydrogen-bond donors (Lipinski definition) is 2. The van der Waals surface area contributed by atoms with Crippen molar-refractivity contribution in [3.8, 4) is 0 Å². The Morgan fingerprint density at radius 2 is 2.18 bits per heavy atom. The molecule has 0 bridgehead atoms. The zero-order valence-electron chi connectivity index (χ0n) is 6.87. The minimum atomic E-state index is 0.506. The Bertz CT molecular complexity index is 164. The van der Waals surface area contributed by atoms with E-state index in [-0.39, 0.29) is 0 Å². The smallest absolute Gasteiger partial charge is 0.160 e. The normalized spacial score (nSPS) is 13.6. The van der Waals surface area contributed by atoms with Crippen molar-refractivity contribution in [1.29, 1.82) is 0 Å². The summed E-state index contributed by atoms with van der Waals surface area (Å²) in [6.45, 7) is 3.80. The summed E-state index contributed by atoms with van der Waals surface area (Å²) in [5, 5.41) is 3.90. The Labute approximate surface area is 71.1 Å². The highest BCUT2D eigenvalue weighted by atomic mass is 32.2. The molecule has 0 atom stereocenters. The number of rotatable bonds is 2. The van der Waals surface area contributed by atoms with E-state index in [1.807, 2.05) is 0 Å². The zero-order valence-corrected chi connectivity index (χ0v) is 7.69. The summed E-state index contributed by atoms with van der Waals surface area (Å²) in [6, 6.07) is 0. The Kier molecular flexibility index (Phi) is 5.64. The molecule has 0 aromatic carbocycles. The van der Waals surface area contributed by atoms with Crippen LogP contribution in [0.25, 0.3) is 0 Å². The van der Waals surface area contributed by atoms with Crippen molar-refractivity contribution in [3.05, 3.63) is 0 Å². The number of amidine groups is 2. The van der Waals surface area contributed by atoms with Crippen molar-refractivity contribution in [2.24, 2.45) is 21.7 Å². The van der Waals surface area contributed by atoms with E-state index in [4.69, 9.17) is 11.6 Å². The third-order valence-electron chi connectivity index (χ3n) is 0.913. The van der Waals surface area contributed by atoms with Crippen molar-refractivity contribution in [2.75, 3.05) is 5.75 Å². The van der Waals surface area contributed by atoms with Crippen molar-refractivity contribution in [3.63, 3.8) is 0 Å². The molecule has 0 saturated carbocycles. The van der Waals surface area contributed by atoms with Gasteiger partial charge in [0.25, 0.3) is 0 Å². The minimum absolute atomic E-state index is 0.506. The molecule has 0 fully saturated rings. The predicted molar refractivity (Wildman–Crippen MR) is 51.7 cm³/mol. The van der Waals surface area contributed by atoms with Crippen molar-refractivity contribution in [2.45, 2.75) is 20.3 Å². The maximum atomic E-state index is 5.51. The molecule has 0 unspecified atom stereocenters. The van der Waals surface area contributed by atoms with Crippen LogP contribution in [0.15, 0.2) is 10.1 Å². The van der Waals surface area contributed by atoms with Gasteiger partial charge in [0.2, 0.25) is 0 Å². The van der Waals surface area contributed by atoms with Crippen LogP contribution in [0, 0.1) is 0 Å². The number of nitrogens with zero attached hydrogens (tertiary/aromatic N) is 2. The maximum Gasteiger partial charge on any atom is 0.160 e. The highest BCUT2D eigenvalue weighted by molar-refractivity contribution is 8.13. The third-order valence-corrected chi connectivity index (χ3v) is 1.91. The van der Waals surface area contributed by atoms with E-state index in [1.54, 1.807) is 6.92 Å². The molecule has 5 heteroatoms. The first-order chi connectivity index (χ1) is 5.20. The molecule has 64 valence electrons. The lowest BCUT2D eigenvalue weighted by molar-refractivity contribution is 1.11. The molecular formula is C6H14N4S. The average Bonchev–Trinajstić information content (AvgIpc) is 2.00. The van der Waals surface area contributed by atoms with Gasteiger partial charge >= 0.3 is 0 Å². The van der Waals surface area contributed by atoms with Crippen LogP contribution in [-0.2, 0) is 0 Å². The number of nitrogens with two attached hydrogens (primary N) is 2. The average molecular weight is 174 g/mol. The molecule has 4 nitrogen and oxygen atoms in total. The molecule has 0 aromatic rings. The molecule has 0 spiro atoms. The fourth-order valence-electron chi connectivity index (χ4n) is 0.427. The zero-order chi connectivity index (χ0) is 8.69. The van der Waals surface area contributed by atoms with E-state index in [1.165, 1.54) is 11.8 Å². The van der Waals surface area contributed by atoms with Gasteiger partial charge in [0.05, 0.1) is 0 Å². The lowest BCUT2D eigenvalue weighted by Crippen LogP contribution is -2.10. The molecule has 0 radical (unpaired) electrons. The number of aliphatic imine (C=N–C) groups is 1. The second kappa shape index (κ2) is 6.03. The Hall–Kier alpha value is -0.710. The summed E-state index contributed by atoms with van der Waals surface area (Å²) in [5.41, 5.74) is 5.51. The monoisotopic (exact) mass is 174 g/mol. The maximum absolute atomic E-state index is 5.51. The van der Waals surface area contributed by atoms with Crippen LogP contribution in [-0.4, -0.2) is 16.8 Å². The van der Waals surface area contributed by atoms with Crippen LogP contribution >= 0.6 is 11.8 Å². The first-order valence-electron chi connectivity index (χ1n) is 3.42. The molecule has 0 rings (SSSR count). The van der Waals surface area contributed by atoms with Gasteiger partial charge in [-0.15, -0.1) is 0 Å². The Morgan fingerprint density at radius 3 is 2.64 bits per heavy atom. The van der Waals surface area contributed by atoms with Crippen molar-refractivity contribution in [1.82, 2.24) is 0 Å². The van der Waals surface area contributed by atoms with Crippen molar-refractivity contribution < 1.29 is 0 Å². The van der Waals surface area contributed by atoms with Gasteiger partial charge in [-0.1, -0.05) is 18.7 Å². The highest BCUT2D eigenvalue weighted by Gasteiger charge is 1.92. The van der Waals surface area contributed by atoms with E-state index < -0.39 is 0 Å². The molecule has 0 aliphatic heterocycles. The fourth-order valence-corrected chi connectivity index (χ4v) is 1.04. The van der Waals surface area contributed by atoms with E-state index in [9.17, 15) is 0 Å². The number of hydrogen-bond acceptors (Lipinski definition) is 3. The second-order valence-corrected chi connectivity index (χ2v) is 3.09. The van der Waals surface area contributed by atoms with Gasteiger partial charge in [0, 0.05) is 5.75 Å². The summed E-state index contributed by atoms with van der Waals surface area (Å²) in [4.78, 5) is 3.92. The summed E-state index contributed by atoms with van der Waals surface area (Å²) in [6.07, 6.45) is 1.08. The van der Waals surface area contributed by atoms with Crippen LogP contribution in [0.1, 0.15) is 20.3 Å². The van der Waals surface area contributed by atoms with Gasteiger partial charge in [-0.3, -0.25) is 0 Å². The van der Waals surface area contributed by atoms with Gasteiger partial charge in [0.1, 0.15) is 5.84 Å². The topological polar surface area (TPSA) is 76.8 Å². The molecule has 0 aromatic heterocycles. The van der Waals surface area contributed by atoms with Gasteiger partial charge in [-0.25, -0.2) is 4.99 Å². The first kappa shape index (κ1) is 10.3. The standard InChI is InChI=1S/C6H14N4S/c1-3-4-11-6(7)9-5(2)10-8/h3-4,8H2,1-2H3,(H2,7,9,10). The predicted octanol–water partition coefficient (Wildman–Crippen LogP) is 0.736. The van der Waals surface area contributed by atoms with Gasteiger partial charge in [-0.2, -0.15) is 5.10 Å². The summed E-state index contributed by atoms with van der Waals surface area (Å²) >= 11 is 1.51. The van der Waals surface area contributed by atoms with Gasteiger partial charge in [-0.05, 0) is 13.3 Å². The minimum Gasteiger partial charge on any atom is -0.378 e. The first-order valence-corrected chi connectivity index (χ1v) is 4.40. The quantitative estimate of drug-likeness (QED) is 0.280. The molecule has 0 aliphatic rings. The number of hydrazone groups is 1. The van der Waals surface area contributed by atoms with Crippen LogP contribution in [0.4, 0.5) is 0 Å². The SMILES string of the molecule is CCCSC(N)=N/C(C)=N/N. The van der Waals surface area contributed by atoms with E-state index in [0.717, 1.165) is 12.2 Å². The van der Waals surface area contributed by atoms with E-state index in [2.05, 4.69) is 17.0 Å². The summed E-state index contributed by atoms with van der Waals surface area (Å²) < 4.78 is 0. The van der Waals surface area contributed by atoms with Crippen LogP contribution in [0.2, 0.25) is 0 Å². The van der Waals surface area contributed by atoms with Gasteiger partial charge in [0.15, 0.2) is 5.17 Å². The van der Waals surface area contributed by atoms with Crippen LogP contribution in [0.3, 0.4) is 0 Å². The van der Waals surface area contributed by atoms with Crippen molar-refractivity contribution >= 4 is 22.8 Å². The second-order valence-electron chi connectivity index (χ2n) is 1.97. The highest BCUT2D eigenvalue weighted by Crippen LogP contribution is 2.01. The lowest BCUT2D eigenvalue weighted by Gasteiger charge is -1.96. The molecule has 11 heavy (non-hydrogen) atoms. The number of thioether (sulfide) groups is 1. The molecule has 0 amide bonds. The third kappa shape index (κ3) is 5.72. The van der Waals surface area contributed by atoms with E-state index >= 15 is 0 Å². The van der Waals surface area contributed by atoms with Crippen LogP contribution < -0.4 is 11.6 Å². The largest absolute Gasteiger partial charge is 0.378 e. The fraction of sp³-hybridized carbons (Fsp3) is 0.667. The Morgan fingerprint density at radius 1 is 1.55 bits per heavy atom. The van der Waals surface area contributed by atoms with Gasteiger partial charge < -0.3 is 11.6 Å². The molecule has 4 N–H and O–H groups in total. The summed E-state index contributed by atoms with van der Waals surface area (Å²) in [7, 11) is 0. The molecule has 0 aliphatic carbocycles. The van der Waals surface area contributed by atoms with Crippen LogP contribution in [0.5, 0.6) is 0 Å². The lowest BCUT2D eigenvalue weighted by atomic mass is 10.6.